The lowest BCUT2D eigenvalue weighted by Crippen LogP contribution is -2.39. The van der Waals surface area contributed by atoms with Crippen molar-refractivity contribution in [1.82, 2.24) is 10.3 Å². The lowest BCUT2D eigenvalue weighted by molar-refractivity contribution is 0.447. The second-order valence-corrected chi connectivity index (χ2v) is 3.71. The van der Waals surface area contributed by atoms with Gasteiger partial charge in [-0.15, -0.1) is 0 Å². The van der Waals surface area contributed by atoms with Crippen molar-refractivity contribution in [3.05, 3.63) is 28.5 Å². The molecule has 0 aromatic carbocycles. The quantitative estimate of drug-likeness (QED) is 0.765. The summed E-state index contributed by atoms with van der Waals surface area (Å²) in [4.78, 5) is 4.11. The first-order valence-corrected chi connectivity index (χ1v) is 4.47. The van der Waals surface area contributed by atoms with E-state index in [0.29, 0.717) is 5.92 Å². The highest BCUT2D eigenvalue weighted by Gasteiger charge is 2.18. The maximum absolute atomic E-state index is 4.11. The first-order valence-electron chi connectivity index (χ1n) is 3.67. The van der Waals surface area contributed by atoms with E-state index in [0.717, 1.165) is 17.6 Å². The molecule has 0 saturated carbocycles. The molecule has 1 aromatic heterocycles. The van der Waals surface area contributed by atoms with Crippen molar-refractivity contribution in [3.8, 4) is 0 Å². The molecule has 58 valence electrons. The van der Waals surface area contributed by atoms with Crippen LogP contribution in [-0.4, -0.2) is 18.1 Å². The van der Waals surface area contributed by atoms with Gasteiger partial charge in [0, 0.05) is 35.9 Å². The Hall–Kier alpha value is -0.410. The van der Waals surface area contributed by atoms with Gasteiger partial charge in [0.15, 0.2) is 0 Å². The number of halogens is 1. The maximum atomic E-state index is 4.11. The van der Waals surface area contributed by atoms with Crippen LogP contribution < -0.4 is 5.32 Å². The molecule has 11 heavy (non-hydrogen) atoms. The Morgan fingerprint density at radius 1 is 1.45 bits per heavy atom. The number of hydrogen-bond donors (Lipinski definition) is 1. The van der Waals surface area contributed by atoms with Crippen LogP contribution in [-0.2, 0) is 0 Å². The molecule has 1 aliphatic rings. The highest BCUT2D eigenvalue weighted by Crippen LogP contribution is 2.21. The number of nitrogens with one attached hydrogen (secondary N) is 1. The van der Waals surface area contributed by atoms with Crippen molar-refractivity contribution in [2.45, 2.75) is 5.92 Å². The van der Waals surface area contributed by atoms with Crippen LogP contribution >= 0.6 is 15.9 Å². The van der Waals surface area contributed by atoms with Gasteiger partial charge in [-0.05, 0) is 27.6 Å². The lowest BCUT2D eigenvalue weighted by atomic mass is 9.96. The van der Waals surface area contributed by atoms with E-state index >= 15 is 0 Å². The molecule has 2 nitrogen and oxygen atoms in total. The highest BCUT2D eigenvalue weighted by atomic mass is 79.9. The number of hydrogen-bond acceptors (Lipinski definition) is 2. The Balaban J connectivity index is 2.23. The van der Waals surface area contributed by atoms with Gasteiger partial charge in [0.25, 0.3) is 0 Å². The van der Waals surface area contributed by atoms with Gasteiger partial charge in [0.1, 0.15) is 0 Å². The third-order valence-electron chi connectivity index (χ3n) is 1.98. The lowest BCUT2D eigenvalue weighted by Gasteiger charge is -2.27. The zero-order chi connectivity index (χ0) is 7.68. The molecule has 1 aromatic rings. The van der Waals surface area contributed by atoms with E-state index in [1.165, 1.54) is 5.56 Å². The molecular weight excluding hydrogens is 204 g/mol. The van der Waals surface area contributed by atoms with E-state index in [1.807, 2.05) is 12.4 Å². The summed E-state index contributed by atoms with van der Waals surface area (Å²) in [5, 5.41) is 3.24. The molecule has 0 aliphatic carbocycles. The van der Waals surface area contributed by atoms with Crippen molar-refractivity contribution >= 4 is 15.9 Å². The van der Waals surface area contributed by atoms with Gasteiger partial charge >= 0.3 is 0 Å². The van der Waals surface area contributed by atoms with Crippen molar-refractivity contribution in [1.29, 1.82) is 0 Å². The minimum Gasteiger partial charge on any atom is -0.315 e. The molecule has 0 bridgehead atoms. The van der Waals surface area contributed by atoms with E-state index in [2.05, 4.69) is 32.3 Å². The molecule has 1 fully saturated rings. The van der Waals surface area contributed by atoms with Crippen molar-refractivity contribution in [2.24, 2.45) is 0 Å². The monoisotopic (exact) mass is 212 g/mol. The minimum atomic E-state index is 0.681. The molecule has 0 unspecified atom stereocenters. The van der Waals surface area contributed by atoms with Crippen LogP contribution in [0.3, 0.4) is 0 Å². The Bertz CT molecular complexity index is 258. The molecular formula is C8H9BrN2. The summed E-state index contributed by atoms with van der Waals surface area (Å²) < 4.78 is 1.07. The van der Waals surface area contributed by atoms with Crippen LogP contribution in [0.2, 0.25) is 0 Å². The van der Waals surface area contributed by atoms with E-state index in [9.17, 15) is 0 Å². The van der Waals surface area contributed by atoms with Crippen LogP contribution in [0.15, 0.2) is 22.9 Å². The predicted molar refractivity (Wildman–Crippen MR) is 47.5 cm³/mol. The Kier molecular flexibility index (Phi) is 1.92. The van der Waals surface area contributed by atoms with Crippen molar-refractivity contribution < 1.29 is 0 Å². The van der Waals surface area contributed by atoms with E-state index in [-0.39, 0.29) is 0 Å². The van der Waals surface area contributed by atoms with Gasteiger partial charge in [-0.25, -0.2) is 0 Å². The first-order chi connectivity index (χ1) is 5.36. The second kappa shape index (κ2) is 2.91. The molecule has 0 radical (unpaired) electrons. The third kappa shape index (κ3) is 1.44. The Labute approximate surface area is 74.2 Å². The summed E-state index contributed by atoms with van der Waals surface area (Å²) in [5.74, 6) is 0.681. The maximum Gasteiger partial charge on any atom is 0.0410 e. The SMILES string of the molecule is Brc1cncc(C2CNC2)c1. The van der Waals surface area contributed by atoms with E-state index in [1.54, 1.807) is 0 Å². The standard InChI is InChI=1S/C8H9BrN2/c9-8-1-6(2-11-5-8)7-3-10-4-7/h1-2,5,7,10H,3-4H2. The van der Waals surface area contributed by atoms with Crippen LogP contribution in [0.25, 0.3) is 0 Å². The van der Waals surface area contributed by atoms with Crippen molar-refractivity contribution in [3.63, 3.8) is 0 Å². The fourth-order valence-corrected chi connectivity index (χ4v) is 1.56. The molecule has 0 amide bonds. The predicted octanol–water partition coefficient (Wildman–Crippen LogP) is 1.53. The van der Waals surface area contributed by atoms with Crippen molar-refractivity contribution in [2.75, 3.05) is 13.1 Å². The van der Waals surface area contributed by atoms with E-state index in [4.69, 9.17) is 0 Å². The first kappa shape index (κ1) is 7.25. The minimum absolute atomic E-state index is 0.681. The molecule has 3 heteroatoms. The van der Waals surface area contributed by atoms with Gasteiger partial charge in [-0.1, -0.05) is 0 Å². The average Bonchev–Trinajstić information content (AvgIpc) is 1.83. The number of aromatic nitrogens is 1. The topological polar surface area (TPSA) is 24.9 Å². The average molecular weight is 213 g/mol. The van der Waals surface area contributed by atoms with E-state index < -0.39 is 0 Å². The summed E-state index contributed by atoms with van der Waals surface area (Å²) in [5.41, 5.74) is 1.33. The molecule has 0 atom stereocenters. The molecule has 2 heterocycles. The van der Waals surface area contributed by atoms with Gasteiger partial charge in [0.05, 0.1) is 0 Å². The van der Waals surface area contributed by atoms with Crippen LogP contribution in [0, 0.1) is 0 Å². The van der Waals surface area contributed by atoms with Gasteiger partial charge in [0.2, 0.25) is 0 Å². The summed E-state index contributed by atoms with van der Waals surface area (Å²) in [6.07, 6.45) is 3.76. The number of pyridine rings is 1. The second-order valence-electron chi connectivity index (χ2n) is 2.79. The molecule has 1 saturated heterocycles. The molecule has 0 spiro atoms. The normalized spacial score (nSPS) is 17.9. The van der Waals surface area contributed by atoms with Gasteiger partial charge in [-0.2, -0.15) is 0 Å². The summed E-state index contributed by atoms with van der Waals surface area (Å²) in [6, 6.07) is 2.14. The summed E-state index contributed by atoms with van der Waals surface area (Å²) in [7, 11) is 0. The van der Waals surface area contributed by atoms with Crippen LogP contribution in [0.4, 0.5) is 0 Å². The fourth-order valence-electron chi connectivity index (χ4n) is 1.18. The third-order valence-corrected chi connectivity index (χ3v) is 2.41. The fraction of sp³-hybridized carbons (Fsp3) is 0.375. The highest BCUT2D eigenvalue weighted by molar-refractivity contribution is 9.10. The summed E-state index contributed by atoms with van der Waals surface area (Å²) in [6.45, 7) is 2.19. The zero-order valence-electron chi connectivity index (χ0n) is 6.05. The summed E-state index contributed by atoms with van der Waals surface area (Å²) >= 11 is 3.40. The number of nitrogens with zero attached hydrogens (tertiary/aromatic N) is 1. The molecule has 1 N–H and O–H groups in total. The van der Waals surface area contributed by atoms with Crippen LogP contribution in [0.1, 0.15) is 11.5 Å². The Morgan fingerprint density at radius 2 is 2.27 bits per heavy atom. The number of rotatable bonds is 1. The molecule has 1 aliphatic heterocycles. The zero-order valence-corrected chi connectivity index (χ0v) is 7.63. The smallest absolute Gasteiger partial charge is 0.0410 e. The molecule has 2 rings (SSSR count). The van der Waals surface area contributed by atoms with Gasteiger partial charge in [-0.3, -0.25) is 4.98 Å². The largest absolute Gasteiger partial charge is 0.315 e. The van der Waals surface area contributed by atoms with Crippen LogP contribution in [0.5, 0.6) is 0 Å². The Morgan fingerprint density at radius 3 is 2.82 bits per heavy atom. The van der Waals surface area contributed by atoms with Gasteiger partial charge < -0.3 is 5.32 Å².